The first-order chi connectivity index (χ1) is 10.8. The van der Waals surface area contributed by atoms with E-state index >= 15 is 0 Å². The van der Waals surface area contributed by atoms with Crippen LogP contribution in [0, 0.1) is 6.92 Å². The number of hydrogen-bond acceptors (Lipinski definition) is 3. The molecule has 23 heavy (non-hydrogen) atoms. The molecule has 5 nitrogen and oxygen atoms in total. The van der Waals surface area contributed by atoms with Crippen LogP contribution in [0.2, 0.25) is 0 Å². The van der Waals surface area contributed by atoms with Crippen molar-refractivity contribution in [3.63, 3.8) is 0 Å². The number of ketones is 1. The van der Waals surface area contributed by atoms with Gasteiger partial charge in [-0.15, -0.1) is 0 Å². The standard InChI is InChI=1S/C18H20N4O/c1-13-15(12-22(20-13)18(2,3)4)16(23)9-8-14-11-21-10-6-5-7-17(21)19-14/h5-12H,1-4H3. The van der Waals surface area contributed by atoms with E-state index in [1.807, 2.05) is 52.8 Å². The number of imidazole rings is 1. The number of carbonyl (C=O) groups is 1. The molecule has 0 radical (unpaired) electrons. The average Bonchev–Trinajstić information content (AvgIpc) is 3.07. The van der Waals surface area contributed by atoms with Gasteiger partial charge in [-0.25, -0.2) is 4.98 Å². The minimum atomic E-state index is -0.144. The molecule has 0 aromatic carbocycles. The fourth-order valence-electron chi connectivity index (χ4n) is 2.33. The van der Waals surface area contributed by atoms with E-state index in [0.29, 0.717) is 5.56 Å². The molecular weight excluding hydrogens is 288 g/mol. The Bertz CT molecular complexity index is 860. The third-order valence-corrected chi connectivity index (χ3v) is 3.64. The van der Waals surface area contributed by atoms with Gasteiger partial charge in [0.1, 0.15) is 5.65 Å². The number of allylic oxidation sites excluding steroid dienone is 1. The topological polar surface area (TPSA) is 52.2 Å². The number of carbonyl (C=O) groups excluding carboxylic acids is 1. The molecule has 118 valence electrons. The molecular formula is C18H20N4O. The highest BCUT2D eigenvalue weighted by Gasteiger charge is 2.18. The summed E-state index contributed by atoms with van der Waals surface area (Å²) in [4.78, 5) is 16.9. The molecule has 0 atom stereocenters. The van der Waals surface area contributed by atoms with Crippen molar-refractivity contribution in [3.8, 4) is 0 Å². The van der Waals surface area contributed by atoms with Crippen LogP contribution >= 0.6 is 0 Å². The molecule has 0 aliphatic rings. The molecule has 0 aliphatic heterocycles. The molecule has 3 aromatic heterocycles. The summed E-state index contributed by atoms with van der Waals surface area (Å²) in [6.45, 7) is 8.02. The molecule has 5 heteroatoms. The van der Waals surface area contributed by atoms with Crippen molar-refractivity contribution in [2.45, 2.75) is 33.2 Å². The fourth-order valence-corrected chi connectivity index (χ4v) is 2.33. The lowest BCUT2D eigenvalue weighted by Gasteiger charge is -2.18. The van der Waals surface area contributed by atoms with Gasteiger partial charge in [-0.2, -0.15) is 5.10 Å². The number of nitrogens with zero attached hydrogens (tertiary/aromatic N) is 4. The molecule has 0 saturated heterocycles. The second kappa shape index (κ2) is 5.50. The average molecular weight is 308 g/mol. The summed E-state index contributed by atoms with van der Waals surface area (Å²) >= 11 is 0. The van der Waals surface area contributed by atoms with Gasteiger partial charge in [0, 0.05) is 18.6 Å². The number of aromatic nitrogens is 4. The van der Waals surface area contributed by atoms with Crippen molar-refractivity contribution in [2.24, 2.45) is 0 Å². The van der Waals surface area contributed by atoms with Crippen molar-refractivity contribution in [1.82, 2.24) is 19.2 Å². The first-order valence-electron chi connectivity index (χ1n) is 7.57. The maximum atomic E-state index is 12.4. The van der Waals surface area contributed by atoms with E-state index in [1.165, 1.54) is 0 Å². The van der Waals surface area contributed by atoms with Gasteiger partial charge < -0.3 is 4.40 Å². The zero-order valence-electron chi connectivity index (χ0n) is 13.8. The van der Waals surface area contributed by atoms with E-state index in [2.05, 4.69) is 30.9 Å². The van der Waals surface area contributed by atoms with Gasteiger partial charge in [0.05, 0.1) is 22.5 Å². The minimum absolute atomic E-state index is 0.0601. The zero-order chi connectivity index (χ0) is 16.6. The first-order valence-corrected chi connectivity index (χ1v) is 7.57. The third kappa shape index (κ3) is 3.08. The lowest BCUT2D eigenvalue weighted by atomic mass is 10.1. The minimum Gasteiger partial charge on any atom is -0.306 e. The summed E-state index contributed by atoms with van der Waals surface area (Å²) in [7, 11) is 0. The molecule has 3 heterocycles. The number of hydrogen-bond donors (Lipinski definition) is 0. The number of fused-ring (bicyclic) bond motifs is 1. The monoisotopic (exact) mass is 308 g/mol. The maximum absolute atomic E-state index is 12.4. The smallest absolute Gasteiger partial charge is 0.189 e. The Morgan fingerprint density at radius 3 is 2.65 bits per heavy atom. The predicted molar refractivity (Wildman–Crippen MR) is 90.5 cm³/mol. The summed E-state index contributed by atoms with van der Waals surface area (Å²) in [5.74, 6) is -0.0601. The quantitative estimate of drug-likeness (QED) is 0.550. The van der Waals surface area contributed by atoms with Crippen molar-refractivity contribution < 1.29 is 4.79 Å². The SMILES string of the molecule is Cc1nn(C(C)(C)C)cc1C(=O)C=Cc1cn2ccccc2n1. The first kappa shape index (κ1) is 15.2. The van der Waals surface area contributed by atoms with Gasteiger partial charge in [0.15, 0.2) is 5.78 Å². The highest BCUT2D eigenvalue weighted by molar-refractivity contribution is 6.07. The molecule has 0 bridgehead atoms. The summed E-state index contributed by atoms with van der Waals surface area (Å²) in [6.07, 6.45) is 8.93. The van der Waals surface area contributed by atoms with E-state index in [-0.39, 0.29) is 11.3 Å². The van der Waals surface area contributed by atoms with Gasteiger partial charge in [-0.1, -0.05) is 6.07 Å². The second-order valence-corrected chi connectivity index (χ2v) is 6.57. The number of pyridine rings is 1. The van der Waals surface area contributed by atoms with E-state index < -0.39 is 0 Å². The molecule has 0 unspecified atom stereocenters. The van der Waals surface area contributed by atoms with Crippen LogP contribution in [0.3, 0.4) is 0 Å². The Morgan fingerprint density at radius 1 is 1.22 bits per heavy atom. The molecule has 0 fully saturated rings. The summed E-state index contributed by atoms with van der Waals surface area (Å²) in [6, 6.07) is 5.81. The normalized spacial score (nSPS) is 12.3. The molecule has 3 aromatic rings. The lowest BCUT2D eigenvalue weighted by Crippen LogP contribution is -2.22. The van der Waals surface area contributed by atoms with Crippen molar-refractivity contribution in [2.75, 3.05) is 0 Å². The van der Waals surface area contributed by atoms with Crippen LogP contribution in [-0.2, 0) is 5.54 Å². The van der Waals surface area contributed by atoms with Gasteiger partial charge in [-0.05, 0) is 52.0 Å². The van der Waals surface area contributed by atoms with E-state index in [9.17, 15) is 4.79 Å². The summed E-state index contributed by atoms with van der Waals surface area (Å²) in [5.41, 5.74) is 2.83. The Labute approximate surface area is 135 Å². The van der Waals surface area contributed by atoms with Crippen molar-refractivity contribution in [3.05, 3.63) is 59.8 Å². The second-order valence-electron chi connectivity index (χ2n) is 6.57. The Balaban J connectivity index is 1.85. The van der Waals surface area contributed by atoms with E-state index in [1.54, 1.807) is 12.2 Å². The van der Waals surface area contributed by atoms with Crippen LogP contribution in [-0.4, -0.2) is 24.9 Å². The third-order valence-electron chi connectivity index (χ3n) is 3.64. The highest BCUT2D eigenvalue weighted by atomic mass is 16.1. The highest BCUT2D eigenvalue weighted by Crippen LogP contribution is 2.17. The molecule has 0 saturated carbocycles. The Kier molecular flexibility index (Phi) is 3.64. The van der Waals surface area contributed by atoms with Gasteiger partial charge in [-0.3, -0.25) is 9.48 Å². The summed E-state index contributed by atoms with van der Waals surface area (Å²) in [5, 5.41) is 4.43. The maximum Gasteiger partial charge on any atom is 0.189 e. The van der Waals surface area contributed by atoms with Crippen molar-refractivity contribution >= 4 is 17.5 Å². The van der Waals surface area contributed by atoms with Gasteiger partial charge in [0.25, 0.3) is 0 Å². The Morgan fingerprint density at radius 2 is 2.00 bits per heavy atom. The van der Waals surface area contributed by atoms with Gasteiger partial charge >= 0.3 is 0 Å². The van der Waals surface area contributed by atoms with Crippen LogP contribution in [0.15, 0.2) is 42.9 Å². The molecule has 0 N–H and O–H groups in total. The van der Waals surface area contributed by atoms with E-state index in [0.717, 1.165) is 17.0 Å². The zero-order valence-corrected chi connectivity index (χ0v) is 13.8. The van der Waals surface area contributed by atoms with Crippen LogP contribution in [0.1, 0.15) is 42.5 Å². The number of rotatable bonds is 3. The molecule has 3 rings (SSSR count). The fraction of sp³-hybridized carbons (Fsp3) is 0.278. The van der Waals surface area contributed by atoms with Crippen LogP contribution in [0.5, 0.6) is 0 Å². The van der Waals surface area contributed by atoms with Crippen molar-refractivity contribution in [1.29, 1.82) is 0 Å². The van der Waals surface area contributed by atoms with Crippen LogP contribution < -0.4 is 0 Å². The molecule has 0 amide bonds. The Hall–Kier alpha value is -2.69. The molecule has 0 aliphatic carbocycles. The van der Waals surface area contributed by atoms with Crippen LogP contribution in [0.25, 0.3) is 11.7 Å². The van der Waals surface area contributed by atoms with Crippen LogP contribution in [0.4, 0.5) is 0 Å². The predicted octanol–water partition coefficient (Wildman–Crippen LogP) is 3.49. The number of aryl methyl sites for hydroxylation is 1. The van der Waals surface area contributed by atoms with E-state index in [4.69, 9.17) is 0 Å². The molecule has 0 spiro atoms. The summed E-state index contributed by atoms with van der Waals surface area (Å²) < 4.78 is 3.75. The lowest BCUT2D eigenvalue weighted by molar-refractivity contribution is 0.104. The van der Waals surface area contributed by atoms with Gasteiger partial charge in [0.2, 0.25) is 0 Å². The largest absolute Gasteiger partial charge is 0.306 e.